The van der Waals surface area contributed by atoms with Crippen molar-refractivity contribution in [2.75, 3.05) is 7.11 Å². The summed E-state index contributed by atoms with van der Waals surface area (Å²) in [5.74, 6) is 0.747. The van der Waals surface area contributed by atoms with Gasteiger partial charge in [0.1, 0.15) is 0 Å². The summed E-state index contributed by atoms with van der Waals surface area (Å²) in [4.78, 5) is 0. The molecule has 166 valence electrons. The molecule has 0 amide bonds. The van der Waals surface area contributed by atoms with Gasteiger partial charge in [0, 0.05) is 7.11 Å². The van der Waals surface area contributed by atoms with E-state index in [1.165, 1.54) is 6.92 Å². The molecule has 29 heavy (non-hydrogen) atoms. The van der Waals surface area contributed by atoms with Crippen LogP contribution in [0.25, 0.3) is 0 Å². The number of methoxy groups -OCH3 is 1. The Morgan fingerprint density at radius 3 is 2.45 bits per heavy atom. The summed E-state index contributed by atoms with van der Waals surface area (Å²) in [6, 6.07) is 0. The molecule has 0 saturated heterocycles. The molecule has 3 fully saturated rings. The molecule has 4 aliphatic carbocycles. The van der Waals surface area contributed by atoms with E-state index in [2.05, 4.69) is 26.8 Å². The molecule has 0 heterocycles. The van der Waals surface area contributed by atoms with Crippen LogP contribution in [0.4, 0.5) is 13.2 Å². The number of alkyl halides is 3. The van der Waals surface area contributed by atoms with Crippen LogP contribution < -0.4 is 0 Å². The predicted octanol–water partition coefficient (Wildman–Crippen LogP) is 7.41. The van der Waals surface area contributed by atoms with Crippen molar-refractivity contribution < 1.29 is 17.9 Å². The Labute approximate surface area is 174 Å². The van der Waals surface area contributed by atoms with Crippen molar-refractivity contribution in [2.45, 2.75) is 91.3 Å². The quantitative estimate of drug-likeness (QED) is 0.429. The van der Waals surface area contributed by atoms with Crippen molar-refractivity contribution >= 4 is 0 Å². The van der Waals surface area contributed by atoms with E-state index in [4.69, 9.17) is 4.74 Å². The van der Waals surface area contributed by atoms with Gasteiger partial charge in [-0.25, -0.2) is 0 Å². The molecule has 0 bridgehead atoms. The van der Waals surface area contributed by atoms with Crippen LogP contribution in [0, 0.1) is 46.3 Å². The minimum atomic E-state index is -4.07. The van der Waals surface area contributed by atoms with Crippen LogP contribution in [-0.2, 0) is 4.74 Å². The van der Waals surface area contributed by atoms with Crippen LogP contribution in [0.1, 0.15) is 79.1 Å². The Balaban J connectivity index is 1.64. The van der Waals surface area contributed by atoms with E-state index >= 15 is 0 Å². The first-order valence-electron chi connectivity index (χ1n) is 11.8. The van der Waals surface area contributed by atoms with Crippen molar-refractivity contribution in [1.29, 1.82) is 0 Å². The highest BCUT2D eigenvalue weighted by atomic mass is 19.4. The summed E-state index contributed by atoms with van der Waals surface area (Å²) in [5.41, 5.74) is 1.64. The van der Waals surface area contributed by atoms with Gasteiger partial charge in [-0.3, -0.25) is 0 Å². The van der Waals surface area contributed by atoms with Gasteiger partial charge in [0.25, 0.3) is 0 Å². The van der Waals surface area contributed by atoms with Gasteiger partial charge in [-0.1, -0.05) is 39.3 Å². The highest BCUT2D eigenvalue weighted by Crippen LogP contribution is 2.67. The summed E-state index contributed by atoms with van der Waals surface area (Å²) in [7, 11) is 1.82. The van der Waals surface area contributed by atoms with Gasteiger partial charge >= 0.3 is 6.18 Å². The van der Waals surface area contributed by atoms with Gasteiger partial charge in [-0.2, -0.15) is 13.2 Å². The van der Waals surface area contributed by atoms with Crippen LogP contribution in [0.15, 0.2) is 11.6 Å². The molecule has 0 aromatic carbocycles. The molecule has 4 heteroatoms. The first-order valence-corrected chi connectivity index (χ1v) is 11.8. The third-order valence-corrected chi connectivity index (χ3v) is 10.1. The minimum Gasteiger partial charge on any atom is -0.381 e. The summed E-state index contributed by atoms with van der Waals surface area (Å²) >= 11 is 0. The molecule has 0 aromatic heterocycles. The Morgan fingerprint density at radius 1 is 1.07 bits per heavy atom. The second-order valence-electron chi connectivity index (χ2n) is 11.4. The maximum absolute atomic E-state index is 13.6. The summed E-state index contributed by atoms with van der Waals surface area (Å²) in [6.45, 7) is 8.44. The summed E-state index contributed by atoms with van der Waals surface area (Å²) in [6.07, 6.45) is 7.03. The fraction of sp³-hybridized carbons (Fsp3) is 0.920. The Bertz CT molecular complexity index is 655. The van der Waals surface area contributed by atoms with E-state index in [-0.39, 0.29) is 16.7 Å². The van der Waals surface area contributed by atoms with E-state index in [1.54, 1.807) is 5.57 Å². The number of hydrogen-bond donors (Lipinski definition) is 0. The molecular weight excluding hydrogens is 373 g/mol. The molecule has 0 radical (unpaired) electrons. The largest absolute Gasteiger partial charge is 0.391 e. The van der Waals surface area contributed by atoms with Gasteiger partial charge in [-0.15, -0.1) is 0 Å². The third kappa shape index (κ3) is 3.40. The monoisotopic (exact) mass is 412 g/mol. The Kier molecular flexibility index (Phi) is 5.45. The summed E-state index contributed by atoms with van der Waals surface area (Å²) in [5, 5.41) is 0. The molecule has 3 saturated carbocycles. The normalized spacial score (nSPS) is 48.8. The zero-order valence-corrected chi connectivity index (χ0v) is 18.8. The molecule has 0 aromatic rings. The van der Waals surface area contributed by atoms with Crippen molar-refractivity contribution in [2.24, 2.45) is 46.3 Å². The van der Waals surface area contributed by atoms with E-state index in [0.717, 1.165) is 51.4 Å². The number of hydrogen-bond acceptors (Lipinski definition) is 1. The zero-order chi connectivity index (χ0) is 21.2. The highest BCUT2D eigenvalue weighted by molar-refractivity contribution is 5.24. The summed E-state index contributed by atoms with van der Waals surface area (Å²) < 4.78 is 46.6. The average molecular weight is 413 g/mol. The molecular formula is C25H39F3O. The third-order valence-electron chi connectivity index (χ3n) is 10.1. The van der Waals surface area contributed by atoms with E-state index in [9.17, 15) is 13.2 Å². The molecule has 8 unspecified atom stereocenters. The minimum absolute atomic E-state index is 0.152. The number of halogens is 3. The van der Waals surface area contributed by atoms with Crippen molar-refractivity contribution in [3.63, 3.8) is 0 Å². The number of ether oxygens (including phenoxy) is 1. The molecule has 1 nitrogen and oxygen atoms in total. The van der Waals surface area contributed by atoms with Crippen LogP contribution in [0.2, 0.25) is 0 Å². The van der Waals surface area contributed by atoms with Crippen LogP contribution in [0.3, 0.4) is 0 Å². The molecule has 0 spiro atoms. The smallest absolute Gasteiger partial charge is 0.381 e. The highest BCUT2D eigenvalue weighted by Gasteiger charge is 2.61. The van der Waals surface area contributed by atoms with Gasteiger partial charge in [0.15, 0.2) is 0 Å². The molecule has 0 aliphatic heterocycles. The molecule has 4 aliphatic rings. The first kappa shape index (κ1) is 21.7. The molecule has 0 N–H and O–H groups in total. The second-order valence-corrected chi connectivity index (χ2v) is 11.4. The van der Waals surface area contributed by atoms with Crippen molar-refractivity contribution in [1.82, 2.24) is 0 Å². The lowest BCUT2D eigenvalue weighted by Crippen LogP contribution is -2.49. The Morgan fingerprint density at radius 2 is 1.79 bits per heavy atom. The predicted molar refractivity (Wildman–Crippen MR) is 110 cm³/mol. The van der Waals surface area contributed by atoms with Crippen LogP contribution >= 0.6 is 0 Å². The van der Waals surface area contributed by atoms with Gasteiger partial charge in [0.05, 0.1) is 12.0 Å². The first-order chi connectivity index (χ1) is 13.5. The van der Waals surface area contributed by atoms with Crippen LogP contribution in [0.5, 0.6) is 0 Å². The van der Waals surface area contributed by atoms with Gasteiger partial charge < -0.3 is 4.74 Å². The standard InChI is InChI=1S/C25H39F3O/c1-15-12-17-14-18(29-5)8-10-23(17,3)22-9-11-24(4)20(16(2)25(26,27)28)6-7-21(24)19(22)13-15/h12,15-16,18-22H,6-11,13-14H2,1-5H3/t15-,16?,18?,19?,20?,21?,22?,23?,24?/m0/s1. The number of fused-ring (bicyclic) bond motifs is 5. The maximum Gasteiger partial charge on any atom is 0.391 e. The van der Waals surface area contributed by atoms with Crippen molar-refractivity contribution in [3.8, 4) is 0 Å². The fourth-order valence-electron chi connectivity index (χ4n) is 8.42. The fourth-order valence-corrected chi connectivity index (χ4v) is 8.42. The average Bonchev–Trinajstić information content (AvgIpc) is 2.94. The van der Waals surface area contributed by atoms with Gasteiger partial charge in [-0.05, 0) is 91.8 Å². The SMILES string of the molecule is COC1CCC2(C)C(=C[C@H](C)CC3C2CCC2(C)C3CCC2C(C)C(F)(F)F)C1. The number of rotatable bonds is 2. The topological polar surface area (TPSA) is 9.23 Å². The molecule has 4 rings (SSSR count). The van der Waals surface area contributed by atoms with Crippen molar-refractivity contribution in [3.05, 3.63) is 11.6 Å². The lowest BCUT2D eigenvalue weighted by molar-refractivity contribution is -0.198. The van der Waals surface area contributed by atoms with Gasteiger partial charge in [0.2, 0.25) is 0 Å². The Hall–Kier alpha value is -0.510. The van der Waals surface area contributed by atoms with E-state index < -0.39 is 12.1 Å². The maximum atomic E-state index is 13.6. The molecule has 9 atom stereocenters. The second kappa shape index (κ2) is 7.28. The van der Waals surface area contributed by atoms with Crippen LogP contribution in [-0.4, -0.2) is 19.4 Å². The lowest BCUT2D eigenvalue weighted by atomic mass is 9.49. The zero-order valence-electron chi connectivity index (χ0n) is 18.8. The van der Waals surface area contributed by atoms with E-state index in [1.807, 2.05) is 7.11 Å². The van der Waals surface area contributed by atoms with E-state index in [0.29, 0.717) is 29.8 Å². The lowest BCUT2D eigenvalue weighted by Gasteiger charge is -2.56. The number of allylic oxidation sites excluding steroid dienone is 1.